The van der Waals surface area contributed by atoms with Crippen LogP contribution in [0.25, 0.3) is 0 Å². The lowest BCUT2D eigenvalue weighted by Gasteiger charge is -2.42. The molecule has 1 aromatic heterocycles. The fraction of sp³-hybridized carbons (Fsp3) is 0.333. The minimum atomic E-state index is -0.529. The summed E-state index contributed by atoms with van der Waals surface area (Å²) in [7, 11) is 0. The number of benzene rings is 2. The highest BCUT2D eigenvalue weighted by Gasteiger charge is 2.35. The standard InChI is InChI=1S/C36H40N8O2/c1-3-18-42-19-21-43(22-20-42)35-31(41-33(45)4-2)16-11-28(23-26-8-6-5-7-9-26)34(35)44(36(38)46)30-14-12-29(13-15-30)40-32-17-10-27(24-37)25-39-32/h1,4-11,16-17,25,29-30H,2,12-15,18-23H2,(H2,38,46)(H,39,40)(H,41,45). The van der Waals surface area contributed by atoms with Crippen LogP contribution in [-0.2, 0) is 11.2 Å². The van der Waals surface area contributed by atoms with Crippen molar-refractivity contribution >= 4 is 34.8 Å². The van der Waals surface area contributed by atoms with Crippen molar-refractivity contribution < 1.29 is 9.59 Å². The number of nitrogens with one attached hydrogen (secondary N) is 2. The maximum absolute atomic E-state index is 13.5. The van der Waals surface area contributed by atoms with Crippen molar-refractivity contribution in [2.75, 3.05) is 53.2 Å². The van der Waals surface area contributed by atoms with Crippen molar-refractivity contribution in [3.8, 4) is 18.4 Å². The number of amides is 3. The van der Waals surface area contributed by atoms with Crippen LogP contribution in [0.1, 0.15) is 42.4 Å². The number of terminal acetylenes is 1. The average molecular weight is 617 g/mol. The smallest absolute Gasteiger partial charge is 0.319 e. The van der Waals surface area contributed by atoms with Crippen LogP contribution in [0, 0.1) is 23.7 Å². The van der Waals surface area contributed by atoms with Crippen molar-refractivity contribution in [3.63, 3.8) is 0 Å². The van der Waals surface area contributed by atoms with E-state index in [2.05, 4.69) is 56.1 Å². The quantitative estimate of drug-likeness (QED) is 0.222. The number of hydrogen-bond donors (Lipinski definition) is 3. The molecular weight excluding hydrogens is 576 g/mol. The Morgan fingerprint density at radius 1 is 1.07 bits per heavy atom. The molecule has 0 bridgehead atoms. The van der Waals surface area contributed by atoms with Gasteiger partial charge in [0.25, 0.3) is 0 Å². The predicted molar refractivity (Wildman–Crippen MR) is 183 cm³/mol. The van der Waals surface area contributed by atoms with Crippen LogP contribution in [0.2, 0.25) is 0 Å². The van der Waals surface area contributed by atoms with Gasteiger partial charge in [-0.15, -0.1) is 6.42 Å². The summed E-state index contributed by atoms with van der Waals surface area (Å²) in [5.41, 5.74) is 10.9. The van der Waals surface area contributed by atoms with Gasteiger partial charge < -0.3 is 21.3 Å². The minimum Gasteiger partial charge on any atom is -0.367 e. The summed E-state index contributed by atoms with van der Waals surface area (Å²) in [5.74, 6) is 3.12. The Morgan fingerprint density at radius 3 is 2.41 bits per heavy atom. The van der Waals surface area contributed by atoms with E-state index < -0.39 is 6.03 Å². The zero-order valence-electron chi connectivity index (χ0n) is 26.0. The number of anilines is 4. The third-order valence-corrected chi connectivity index (χ3v) is 8.70. The Kier molecular flexibility index (Phi) is 10.5. The number of pyridine rings is 1. The zero-order valence-corrected chi connectivity index (χ0v) is 26.0. The Labute approximate surface area is 270 Å². The minimum absolute atomic E-state index is 0.147. The summed E-state index contributed by atoms with van der Waals surface area (Å²) < 4.78 is 0. The van der Waals surface area contributed by atoms with E-state index in [4.69, 9.17) is 17.4 Å². The number of hydrogen-bond acceptors (Lipinski definition) is 7. The van der Waals surface area contributed by atoms with Gasteiger partial charge in [0, 0.05) is 44.5 Å². The van der Waals surface area contributed by atoms with Crippen LogP contribution >= 0.6 is 0 Å². The molecule has 3 aromatic rings. The monoisotopic (exact) mass is 616 g/mol. The topological polar surface area (TPSA) is 131 Å². The maximum Gasteiger partial charge on any atom is 0.319 e. The van der Waals surface area contributed by atoms with Gasteiger partial charge in [-0.05, 0) is 67.5 Å². The number of rotatable bonds is 10. The number of carbonyl (C=O) groups excluding carboxylic acids is 2. The lowest BCUT2D eigenvalue weighted by Crippen LogP contribution is -2.50. The molecule has 5 rings (SSSR count). The number of primary amides is 1. The van der Waals surface area contributed by atoms with Crippen molar-refractivity contribution in [2.24, 2.45) is 5.73 Å². The number of piperazine rings is 1. The number of nitriles is 1. The molecule has 4 N–H and O–H groups in total. The van der Waals surface area contributed by atoms with Gasteiger partial charge in [0.15, 0.2) is 0 Å². The first kappa shape index (κ1) is 32.1. The predicted octanol–water partition coefficient (Wildman–Crippen LogP) is 4.73. The van der Waals surface area contributed by atoms with Gasteiger partial charge in [0.1, 0.15) is 11.9 Å². The first-order chi connectivity index (χ1) is 22.4. The molecule has 3 amide bonds. The van der Waals surface area contributed by atoms with E-state index >= 15 is 0 Å². The second-order valence-corrected chi connectivity index (χ2v) is 11.7. The highest BCUT2D eigenvalue weighted by molar-refractivity contribution is 6.06. The molecule has 236 valence electrons. The fourth-order valence-corrected chi connectivity index (χ4v) is 6.42. The average Bonchev–Trinajstić information content (AvgIpc) is 3.08. The molecule has 0 spiro atoms. The van der Waals surface area contributed by atoms with E-state index in [9.17, 15) is 9.59 Å². The molecule has 46 heavy (non-hydrogen) atoms. The Morgan fingerprint density at radius 2 is 1.80 bits per heavy atom. The molecule has 1 aliphatic carbocycles. The first-order valence-corrected chi connectivity index (χ1v) is 15.7. The third kappa shape index (κ3) is 7.66. The molecule has 2 fully saturated rings. The number of aromatic nitrogens is 1. The molecule has 2 aliphatic rings. The van der Waals surface area contributed by atoms with Gasteiger partial charge in [-0.2, -0.15) is 5.26 Å². The summed E-state index contributed by atoms with van der Waals surface area (Å²) >= 11 is 0. The van der Waals surface area contributed by atoms with Crippen LogP contribution in [0.4, 0.5) is 27.7 Å². The summed E-state index contributed by atoms with van der Waals surface area (Å²) in [6.07, 6.45) is 12.0. The van der Waals surface area contributed by atoms with E-state index in [1.165, 1.54) is 6.08 Å². The lowest BCUT2D eigenvalue weighted by molar-refractivity contribution is -0.111. The molecule has 0 unspecified atom stereocenters. The SMILES string of the molecule is C#CCN1CCN(c2c(NC(=O)C=C)ccc(Cc3ccccc3)c2N(C(N)=O)C2CCC(Nc3ccc(C#N)cn3)CC2)CC1. The Hall–Kier alpha value is -5.32. The van der Waals surface area contributed by atoms with E-state index in [0.29, 0.717) is 37.3 Å². The summed E-state index contributed by atoms with van der Waals surface area (Å²) in [6, 6.07) is 19.2. The van der Waals surface area contributed by atoms with E-state index in [1.54, 1.807) is 17.2 Å². The van der Waals surface area contributed by atoms with Crippen molar-refractivity contribution in [1.82, 2.24) is 9.88 Å². The zero-order chi connectivity index (χ0) is 32.5. The van der Waals surface area contributed by atoms with E-state index in [0.717, 1.165) is 67.1 Å². The van der Waals surface area contributed by atoms with Crippen molar-refractivity contribution in [1.29, 1.82) is 5.26 Å². The van der Waals surface area contributed by atoms with Gasteiger partial charge in [-0.25, -0.2) is 9.78 Å². The molecule has 0 radical (unpaired) electrons. The number of nitrogens with two attached hydrogens (primary N) is 1. The fourth-order valence-electron chi connectivity index (χ4n) is 6.42. The number of nitrogens with zero attached hydrogens (tertiary/aromatic N) is 5. The molecule has 1 saturated carbocycles. The van der Waals surface area contributed by atoms with Crippen molar-refractivity contribution in [3.05, 3.63) is 90.1 Å². The Bertz CT molecular complexity index is 1610. The van der Waals surface area contributed by atoms with E-state index in [-0.39, 0.29) is 18.0 Å². The van der Waals surface area contributed by atoms with Gasteiger partial charge in [0.05, 0.1) is 29.2 Å². The number of urea groups is 1. The first-order valence-electron chi connectivity index (χ1n) is 15.7. The molecular formula is C36H40N8O2. The second kappa shape index (κ2) is 15.1. The second-order valence-electron chi connectivity index (χ2n) is 11.7. The molecule has 10 nitrogen and oxygen atoms in total. The van der Waals surface area contributed by atoms with Crippen LogP contribution < -0.4 is 26.2 Å². The van der Waals surface area contributed by atoms with E-state index in [1.807, 2.05) is 36.4 Å². The highest BCUT2D eigenvalue weighted by atomic mass is 16.2. The van der Waals surface area contributed by atoms with Gasteiger partial charge in [-0.1, -0.05) is 48.9 Å². The lowest BCUT2D eigenvalue weighted by atomic mass is 9.89. The molecule has 1 aliphatic heterocycles. The van der Waals surface area contributed by atoms with Crippen molar-refractivity contribution in [2.45, 2.75) is 44.2 Å². The largest absolute Gasteiger partial charge is 0.367 e. The third-order valence-electron chi connectivity index (χ3n) is 8.70. The van der Waals surface area contributed by atoms with Gasteiger partial charge >= 0.3 is 6.03 Å². The van der Waals surface area contributed by atoms with Crippen LogP contribution in [0.5, 0.6) is 0 Å². The molecule has 2 aromatic carbocycles. The molecule has 1 saturated heterocycles. The number of carbonyl (C=O) groups is 2. The van der Waals surface area contributed by atoms with Crippen LogP contribution in [0.3, 0.4) is 0 Å². The Balaban J connectivity index is 1.51. The molecule has 2 heterocycles. The van der Waals surface area contributed by atoms with Gasteiger partial charge in [0.2, 0.25) is 5.91 Å². The highest BCUT2D eigenvalue weighted by Crippen LogP contribution is 2.44. The maximum atomic E-state index is 13.5. The normalized spacial score (nSPS) is 18.1. The van der Waals surface area contributed by atoms with Crippen LogP contribution in [-0.4, -0.2) is 66.6 Å². The van der Waals surface area contributed by atoms with Crippen LogP contribution in [0.15, 0.2) is 73.4 Å². The van der Waals surface area contributed by atoms with Gasteiger partial charge in [-0.3, -0.25) is 14.6 Å². The summed E-state index contributed by atoms with van der Waals surface area (Å²) in [5, 5.41) is 15.6. The summed E-state index contributed by atoms with van der Waals surface area (Å²) in [6.45, 7) is 7.05. The summed E-state index contributed by atoms with van der Waals surface area (Å²) in [4.78, 5) is 36.8. The molecule has 0 atom stereocenters. The molecule has 10 heteroatoms.